The van der Waals surface area contributed by atoms with Crippen molar-refractivity contribution in [3.8, 4) is 0 Å². The van der Waals surface area contributed by atoms with Crippen LogP contribution in [0.4, 0.5) is 0 Å². The monoisotopic (exact) mass is 193 g/mol. The first-order valence-electron chi connectivity index (χ1n) is 3.54. The van der Waals surface area contributed by atoms with Gasteiger partial charge in [0.2, 0.25) is 11.8 Å². The molecule has 0 radical (unpaired) electrons. The largest absolute Gasteiger partial charge is 0.329 e. The van der Waals surface area contributed by atoms with Gasteiger partial charge in [0.25, 0.3) is 0 Å². The maximum Gasteiger partial charge on any atom is 0.241 e. The lowest BCUT2D eigenvalue weighted by Gasteiger charge is -2.26. The third-order valence-corrected chi connectivity index (χ3v) is 1.48. The smallest absolute Gasteiger partial charge is 0.241 e. The molecule has 0 aliphatic carbocycles. The fourth-order valence-electron chi connectivity index (χ4n) is 0.934. The number of halogens is 1. The van der Waals surface area contributed by atoms with Crippen molar-refractivity contribution in [2.45, 2.75) is 12.8 Å². The Bertz CT molecular complexity index is 186. The molecule has 6 heteroatoms. The van der Waals surface area contributed by atoms with E-state index in [4.69, 9.17) is 5.73 Å². The number of nitrogens with two attached hydrogens (primary N) is 1. The zero-order valence-electron chi connectivity index (χ0n) is 6.58. The van der Waals surface area contributed by atoms with E-state index in [0.29, 0.717) is 25.9 Å². The quantitative estimate of drug-likeness (QED) is 0.592. The van der Waals surface area contributed by atoms with Gasteiger partial charge in [-0.25, -0.2) is 0 Å². The number of nitrogens with zero attached hydrogens (tertiary/aromatic N) is 1. The molecule has 12 heavy (non-hydrogen) atoms. The molecule has 0 aromatic rings. The Balaban J connectivity index is 0.00000121. The highest BCUT2D eigenvalue weighted by Crippen LogP contribution is 2.01. The molecule has 0 saturated carbocycles. The van der Waals surface area contributed by atoms with Gasteiger partial charge in [0, 0.05) is 19.4 Å². The molecule has 5 nitrogen and oxygen atoms in total. The standard InChI is InChI=1S/C6H11N3O2.ClH/c7-3-4-9-6(11)2-1-5(10)8-9;/h1-4,7H2,(H,8,10);1H. The Kier molecular flexibility index (Phi) is 4.61. The van der Waals surface area contributed by atoms with E-state index in [-0.39, 0.29) is 24.2 Å². The van der Waals surface area contributed by atoms with Crippen LogP contribution in [0.15, 0.2) is 0 Å². The van der Waals surface area contributed by atoms with Crippen LogP contribution in [0.2, 0.25) is 0 Å². The highest BCUT2D eigenvalue weighted by Gasteiger charge is 2.21. The maximum atomic E-state index is 11.0. The van der Waals surface area contributed by atoms with Gasteiger partial charge in [-0.3, -0.25) is 20.0 Å². The highest BCUT2D eigenvalue weighted by molar-refractivity contribution is 5.89. The lowest BCUT2D eigenvalue weighted by molar-refractivity contribution is -0.146. The molecule has 1 aliphatic heterocycles. The summed E-state index contributed by atoms with van der Waals surface area (Å²) in [5, 5.41) is 1.27. The second kappa shape index (κ2) is 4.95. The molecular weight excluding hydrogens is 182 g/mol. The van der Waals surface area contributed by atoms with Crippen molar-refractivity contribution in [3.63, 3.8) is 0 Å². The van der Waals surface area contributed by atoms with Crippen LogP contribution in [-0.4, -0.2) is 29.9 Å². The molecule has 70 valence electrons. The summed E-state index contributed by atoms with van der Waals surface area (Å²) in [5.41, 5.74) is 7.65. The Morgan fingerprint density at radius 2 is 2.08 bits per heavy atom. The summed E-state index contributed by atoms with van der Waals surface area (Å²) in [7, 11) is 0. The number of rotatable bonds is 2. The van der Waals surface area contributed by atoms with E-state index in [0.717, 1.165) is 0 Å². The van der Waals surface area contributed by atoms with E-state index >= 15 is 0 Å². The zero-order chi connectivity index (χ0) is 8.27. The number of hydrogen-bond acceptors (Lipinski definition) is 3. The molecule has 2 amide bonds. The molecule has 3 N–H and O–H groups in total. The first kappa shape index (κ1) is 11.2. The minimum absolute atomic E-state index is 0. The van der Waals surface area contributed by atoms with Crippen molar-refractivity contribution in [1.82, 2.24) is 10.4 Å². The summed E-state index contributed by atoms with van der Waals surface area (Å²) in [6.07, 6.45) is 0.589. The van der Waals surface area contributed by atoms with Crippen LogP contribution in [0, 0.1) is 0 Å². The third kappa shape index (κ3) is 2.67. The average molecular weight is 194 g/mol. The van der Waals surface area contributed by atoms with E-state index < -0.39 is 0 Å². The first-order valence-corrected chi connectivity index (χ1v) is 3.54. The SMILES string of the molecule is Cl.NCCN1NC(=O)CCC1=O. The number of hydrogen-bond donors (Lipinski definition) is 2. The maximum absolute atomic E-state index is 11.0. The topological polar surface area (TPSA) is 75.4 Å². The Labute approximate surface area is 76.7 Å². The molecule has 1 saturated heterocycles. The van der Waals surface area contributed by atoms with Gasteiger partial charge in [-0.1, -0.05) is 0 Å². The summed E-state index contributed by atoms with van der Waals surface area (Å²) >= 11 is 0. The molecule has 1 aliphatic rings. The number of hydrazine groups is 1. The van der Waals surface area contributed by atoms with Crippen molar-refractivity contribution in [2.75, 3.05) is 13.1 Å². The van der Waals surface area contributed by atoms with Crippen LogP contribution in [0.3, 0.4) is 0 Å². The first-order chi connectivity index (χ1) is 5.24. The average Bonchev–Trinajstić information content (AvgIpc) is 1.98. The van der Waals surface area contributed by atoms with Crippen LogP contribution in [0.25, 0.3) is 0 Å². The van der Waals surface area contributed by atoms with Gasteiger partial charge in [-0.15, -0.1) is 12.4 Å². The van der Waals surface area contributed by atoms with Gasteiger partial charge in [-0.2, -0.15) is 0 Å². The van der Waals surface area contributed by atoms with Crippen LogP contribution < -0.4 is 11.2 Å². The van der Waals surface area contributed by atoms with Gasteiger partial charge in [0.15, 0.2) is 0 Å². The summed E-state index contributed by atoms with van der Waals surface area (Å²) in [5.74, 6) is -0.173. The molecule has 1 heterocycles. The molecule has 0 spiro atoms. The van der Waals surface area contributed by atoms with Crippen molar-refractivity contribution in [1.29, 1.82) is 0 Å². The van der Waals surface area contributed by atoms with E-state index in [1.54, 1.807) is 0 Å². The summed E-state index contributed by atoms with van der Waals surface area (Å²) < 4.78 is 0. The predicted molar refractivity (Wildman–Crippen MR) is 45.4 cm³/mol. The number of nitrogens with one attached hydrogen (secondary N) is 1. The fraction of sp³-hybridized carbons (Fsp3) is 0.667. The minimum Gasteiger partial charge on any atom is -0.329 e. The molecule has 1 fully saturated rings. The minimum atomic E-state index is -0.113. The van der Waals surface area contributed by atoms with Gasteiger partial charge < -0.3 is 5.73 Å². The number of carbonyl (C=O) groups is 2. The van der Waals surface area contributed by atoms with E-state index in [1.807, 2.05) is 0 Å². The zero-order valence-corrected chi connectivity index (χ0v) is 7.39. The van der Waals surface area contributed by atoms with Crippen molar-refractivity contribution < 1.29 is 9.59 Å². The lowest BCUT2D eigenvalue weighted by Crippen LogP contribution is -2.51. The summed E-state index contributed by atoms with van der Waals surface area (Å²) in [6.45, 7) is 0.761. The number of amides is 2. The van der Waals surface area contributed by atoms with Crippen LogP contribution in [0.1, 0.15) is 12.8 Å². The molecule has 1 rings (SSSR count). The third-order valence-electron chi connectivity index (χ3n) is 1.48. The molecule has 0 bridgehead atoms. The van der Waals surface area contributed by atoms with Gasteiger partial charge in [-0.05, 0) is 0 Å². The van der Waals surface area contributed by atoms with Gasteiger partial charge >= 0.3 is 0 Å². The van der Waals surface area contributed by atoms with Crippen LogP contribution in [0.5, 0.6) is 0 Å². The van der Waals surface area contributed by atoms with Crippen molar-refractivity contribution in [3.05, 3.63) is 0 Å². The van der Waals surface area contributed by atoms with Crippen LogP contribution in [-0.2, 0) is 9.59 Å². The second-order valence-corrected chi connectivity index (χ2v) is 2.37. The summed E-state index contributed by atoms with van der Waals surface area (Å²) in [6, 6.07) is 0. The second-order valence-electron chi connectivity index (χ2n) is 2.37. The highest BCUT2D eigenvalue weighted by atomic mass is 35.5. The molecule has 0 aromatic heterocycles. The Morgan fingerprint density at radius 1 is 1.42 bits per heavy atom. The normalized spacial score (nSPS) is 16.9. The van der Waals surface area contributed by atoms with Crippen molar-refractivity contribution in [2.24, 2.45) is 5.73 Å². The van der Waals surface area contributed by atoms with Crippen molar-refractivity contribution >= 4 is 24.2 Å². The Hall–Kier alpha value is -0.810. The molecule has 0 unspecified atom stereocenters. The molecule has 0 aromatic carbocycles. The van der Waals surface area contributed by atoms with Crippen LogP contribution >= 0.6 is 12.4 Å². The van der Waals surface area contributed by atoms with E-state index in [2.05, 4.69) is 5.43 Å². The predicted octanol–water partition coefficient (Wildman–Crippen LogP) is -0.980. The van der Waals surface area contributed by atoms with E-state index in [1.165, 1.54) is 5.01 Å². The molecule has 0 atom stereocenters. The number of carbonyl (C=O) groups excluding carboxylic acids is 2. The van der Waals surface area contributed by atoms with Gasteiger partial charge in [0.1, 0.15) is 0 Å². The lowest BCUT2D eigenvalue weighted by atomic mass is 10.2. The van der Waals surface area contributed by atoms with E-state index in [9.17, 15) is 9.59 Å². The summed E-state index contributed by atoms with van der Waals surface area (Å²) in [4.78, 5) is 21.7. The fourth-order valence-corrected chi connectivity index (χ4v) is 0.934. The Morgan fingerprint density at radius 3 is 2.67 bits per heavy atom. The van der Waals surface area contributed by atoms with Gasteiger partial charge in [0.05, 0.1) is 6.54 Å². The molecular formula is C6H12ClN3O2.